The summed E-state index contributed by atoms with van der Waals surface area (Å²) in [6, 6.07) is 21.6. The van der Waals surface area contributed by atoms with Crippen LogP contribution in [0.25, 0.3) is 11.4 Å². The molecule has 0 atom stereocenters. The minimum atomic E-state index is -0.258. The van der Waals surface area contributed by atoms with E-state index >= 15 is 0 Å². The summed E-state index contributed by atoms with van der Waals surface area (Å²) < 4.78 is 27.8. The molecule has 0 spiro atoms. The SMILES string of the molecule is CCCCn1c(CN(Cc2ccc(F)c(Br)c2)Cc2ccc3c(c2)OCO3)cnc1-c1ccccc1. The first-order valence-electron chi connectivity index (χ1n) is 12.3. The second-order valence-corrected chi connectivity index (χ2v) is 9.88. The zero-order chi connectivity index (χ0) is 24.9. The highest BCUT2D eigenvalue weighted by Gasteiger charge is 2.18. The van der Waals surface area contributed by atoms with E-state index in [1.54, 1.807) is 0 Å². The molecular weight excluding hydrogens is 521 g/mol. The molecule has 5 nitrogen and oxygen atoms in total. The predicted molar refractivity (Wildman–Crippen MR) is 142 cm³/mol. The summed E-state index contributed by atoms with van der Waals surface area (Å²) in [5.74, 6) is 2.28. The van der Waals surface area contributed by atoms with Crippen LogP contribution in [-0.2, 0) is 26.2 Å². The number of fused-ring (bicyclic) bond motifs is 1. The predicted octanol–water partition coefficient (Wildman–Crippen LogP) is 7.18. The Bertz CT molecular complexity index is 1330. The molecule has 0 N–H and O–H groups in total. The van der Waals surface area contributed by atoms with E-state index in [0.29, 0.717) is 24.1 Å². The van der Waals surface area contributed by atoms with Crippen LogP contribution >= 0.6 is 15.9 Å². The maximum Gasteiger partial charge on any atom is 0.231 e. The van der Waals surface area contributed by atoms with Crippen molar-refractivity contribution in [3.8, 4) is 22.9 Å². The number of aromatic nitrogens is 2. The Balaban J connectivity index is 1.45. The Kier molecular flexibility index (Phi) is 7.68. The minimum absolute atomic E-state index is 0.255. The number of hydrogen-bond acceptors (Lipinski definition) is 4. The summed E-state index contributed by atoms with van der Waals surface area (Å²) in [7, 11) is 0. The summed E-state index contributed by atoms with van der Waals surface area (Å²) >= 11 is 3.33. The second-order valence-electron chi connectivity index (χ2n) is 9.03. The Labute approximate surface area is 219 Å². The van der Waals surface area contributed by atoms with Gasteiger partial charge in [0.05, 0.1) is 16.4 Å². The Morgan fingerprint density at radius 1 is 0.944 bits per heavy atom. The quantitative estimate of drug-likeness (QED) is 0.210. The van der Waals surface area contributed by atoms with Gasteiger partial charge in [-0.2, -0.15) is 0 Å². The highest BCUT2D eigenvalue weighted by Crippen LogP contribution is 2.33. The average Bonchev–Trinajstić information content (AvgIpc) is 3.52. The summed E-state index contributed by atoms with van der Waals surface area (Å²) in [5.41, 5.74) is 4.43. The molecule has 0 amide bonds. The maximum atomic E-state index is 13.9. The van der Waals surface area contributed by atoms with E-state index in [1.165, 1.54) is 6.07 Å². The van der Waals surface area contributed by atoms with E-state index < -0.39 is 0 Å². The number of benzene rings is 3. The van der Waals surface area contributed by atoms with Gasteiger partial charge in [-0.15, -0.1) is 0 Å². The van der Waals surface area contributed by atoms with E-state index in [4.69, 9.17) is 14.5 Å². The molecule has 5 rings (SSSR count). The van der Waals surface area contributed by atoms with Gasteiger partial charge in [0.25, 0.3) is 0 Å². The van der Waals surface area contributed by atoms with Crippen molar-refractivity contribution in [3.63, 3.8) is 0 Å². The van der Waals surface area contributed by atoms with Crippen LogP contribution < -0.4 is 9.47 Å². The number of imidazole rings is 1. The molecule has 0 unspecified atom stereocenters. The summed E-state index contributed by atoms with van der Waals surface area (Å²) in [6.45, 7) is 5.43. The number of rotatable bonds is 10. The molecule has 0 saturated carbocycles. The molecule has 186 valence electrons. The molecule has 1 aliphatic rings. The average molecular weight is 550 g/mol. The van der Waals surface area contributed by atoms with Gasteiger partial charge in [-0.05, 0) is 57.7 Å². The van der Waals surface area contributed by atoms with Gasteiger partial charge in [-0.3, -0.25) is 4.90 Å². The van der Waals surface area contributed by atoms with E-state index in [0.717, 1.165) is 59.1 Å². The molecule has 0 bridgehead atoms. The van der Waals surface area contributed by atoms with Crippen molar-refractivity contribution in [2.75, 3.05) is 6.79 Å². The van der Waals surface area contributed by atoms with E-state index in [-0.39, 0.29) is 12.6 Å². The normalized spacial score (nSPS) is 12.4. The Hall–Kier alpha value is -3.16. The zero-order valence-corrected chi connectivity index (χ0v) is 21.9. The molecule has 7 heteroatoms. The molecular formula is C29H29BrFN3O2. The third-order valence-electron chi connectivity index (χ3n) is 6.32. The number of hydrogen-bond donors (Lipinski definition) is 0. The van der Waals surface area contributed by atoms with Crippen LogP contribution in [0.2, 0.25) is 0 Å². The first-order chi connectivity index (χ1) is 17.6. The van der Waals surface area contributed by atoms with Crippen LogP contribution in [0.3, 0.4) is 0 Å². The second kappa shape index (κ2) is 11.3. The monoisotopic (exact) mass is 549 g/mol. The van der Waals surface area contributed by atoms with Gasteiger partial charge in [-0.1, -0.05) is 55.8 Å². The van der Waals surface area contributed by atoms with Crippen molar-refractivity contribution in [1.29, 1.82) is 0 Å². The molecule has 2 heterocycles. The van der Waals surface area contributed by atoms with Crippen molar-refractivity contribution in [1.82, 2.24) is 14.5 Å². The number of nitrogens with zero attached hydrogens (tertiary/aromatic N) is 3. The van der Waals surface area contributed by atoms with Crippen LogP contribution in [0.5, 0.6) is 11.5 Å². The molecule has 36 heavy (non-hydrogen) atoms. The fraction of sp³-hybridized carbons (Fsp3) is 0.276. The topological polar surface area (TPSA) is 39.5 Å². The number of ether oxygens (including phenoxy) is 2. The molecule has 4 aromatic rings. The number of unbranched alkanes of at least 4 members (excludes halogenated alkanes) is 1. The lowest BCUT2D eigenvalue weighted by Crippen LogP contribution is -2.24. The van der Waals surface area contributed by atoms with Gasteiger partial charge < -0.3 is 14.0 Å². The lowest BCUT2D eigenvalue weighted by molar-refractivity contribution is 0.174. The van der Waals surface area contributed by atoms with Crippen LogP contribution in [0, 0.1) is 5.82 Å². The van der Waals surface area contributed by atoms with Crippen LogP contribution in [0.4, 0.5) is 4.39 Å². The van der Waals surface area contributed by atoms with E-state index in [9.17, 15) is 4.39 Å². The summed E-state index contributed by atoms with van der Waals surface area (Å²) in [6.07, 6.45) is 4.18. The van der Waals surface area contributed by atoms with Crippen molar-refractivity contribution >= 4 is 15.9 Å². The van der Waals surface area contributed by atoms with Gasteiger partial charge in [0, 0.05) is 31.7 Å². The molecule has 0 saturated heterocycles. The first-order valence-corrected chi connectivity index (χ1v) is 13.0. The lowest BCUT2D eigenvalue weighted by Gasteiger charge is -2.24. The van der Waals surface area contributed by atoms with Gasteiger partial charge in [0.15, 0.2) is 11.5 Å². The summed E-state index contributed by atoms with van der Waals surface area (Å²) in [4.78, 5) is 7.17. The van der Waals surface area contributed by atoms with Crippen molar-refractivity contribution in [2.45, 2.75) is 45.9 Å². The van der Waals surface area contributed by atoms with Crippen LogP contribution in [-0.4, -0.2) is 21.2 Å². The lowest BCUT2D eigenvalue weighted by atomic mass is 10.1. The third kappa shape index (κ3) is 5.63. The van der Waals surface area contributed by atoms with Gasteiger partial charge in [0.2, 0.25) is 6.79 Å². The minimum Gasteiger partial charge on any atom is -0.454 e. The summed E-state index contributed by atoms with van der Waals surface area (Å²) in [5, 5.41) is 0. The molecule has 0 fully saturated rings. The van der Waals surface area contributed by atoms with Gasteiger partial charge in [-0.25, -0.2) is 9.37 Å². The first kappa shape index (κ1) is 24.5. The maximum absolute atomic E-state index is 13.9. The Morgan fingerprint density at radius 2 is 1.69 bits per heavy atom. The molecule has 1 aromatic heterocycles. The highest BCUT2D eigenvalue weighted by molar-refractivity contribution is 9.10. The van der Waals surface area contributed by atoms with Crippen molar-refractivity contribution in [2.24, 2.45) is 0 Å². The molecule has 3 aromatic carbocycles. The highest BCUT2D eigenvalue weighted by atomic mass is 79.9. The van der Waals surface area contributed by atoms with Crippen LogP contribution in [0.15, 0.2) is 77.4 Å². The number of halogens is 2. The zero-order valence-electron chi connectivity index (χ0n) is 20.3. The Morgan fingerprint density at radius 3 is 2.47 bits per heavy atom. The molecule has 0 radical (unpaired) electrons. The fourth-order valence-corrected chi connectivity index (χ4v) is 4.94. The smallest absolute Gasteiger partial charge is 0.231 e. The molecule has 1 aliphatic heterocycles. The molecule has 0 aliphatic carbocycles. The van der Waals surface area contributed by atoms with Crippen molar-refractivity contribution < 1.29 is 13.9 Å². The largest absolute Gasteiger partial charge is 0.454 e. The van der Waals surface area contributed by atoms with Gasteiger partial charge >= 0.3 is 0 Å². The fourth-order valence-electron chi connectivity index (χ4n) is 4.51. The standard InChI is InChI=1S/C29H29BrFN3O2/c1-2-3-13-34-24(16-32-29(34)23-7-5-4-6-8-23)19-33(17-21-9-11-26(31)25(30)14-21)18-22-10-12-27-28(15-22)36-20-35-27/h4-12,14-16H,2-3,13,17-20H2,1H3. The van der Waals surface area contributed by atoms with Crippen LogP contribution in [0.1, 0.15) is 36.6 Å². The van der Waals surface area contributed by atoms with Gasteiger partial charge in [0.1, 0.15) is 11.6 Å². The third-order valence-corrected chi connectivity index (χ3v) is 6.93. The van der Waals surface area contributed by atoms with Crippen molar-refractivity contribution in [3.05, 3.63) is 100 Å². The van der Waals surface area contributed by atoms with E-state index in [2.05, 4.69) is 50.5 Å². The van der Waals surface area contributed by atoms with E-state index in [1.807, 2.05) is 48.7 Å².